The standard InChI is InChI=1S/C21H25ClN4O2S/c1-3-18-14(2)23-21-26(20(18)28)17(13-29-21)12-19(27)25-9-7-24(8-10-25)16-6-4-5-15(22)11-16/h4-6,11,17H,3,7-10,12-13H2,1-2H3. The minimum Gasteiger partial charge on any atom is -0.368 e. The third kappa shape index (κ3) is 4.03. The Morgan fingerprint density at radius 1 is 1.28 bits per heavy atom. The number of hydrogen-bond donors (Lipinski definition) is 0. The van der Waals surface area contributed by atoms with Crippen molar-refractivity contribution in [2.24, 2.45) is 0 Å². The zero-order chi connectivity index (χ0) is 20.5. The predicted octanol–water partition coefficient (Wildman–Crippen LogP) is 3.15. The average molecular weight is 433 g/mol. The Balaban J connectivity index is 1.41. The number of carbonyl (C=O) groups is 1. The number of halogens is 1. The summed E-state index contributed by atoms with van der Waals surface area (Å²) in [7, 11) is 0. The third-order valence-corrected chi connectivity index (χ3v) is 7.06. The summed E-state index contributed by atoms with van der Waals surface area (Å²) in [6, 6.07) is 7.70. The zero-order valence-electron chi connectivity index (χ0n) is 16.7. The molecule has 1 unspecified atom stereocenters. The molecule has 8 heteroatoms. The summed E-state index contributed by atoms with van der Waals surface area (Å²) in [5.41, 5.74) is 2.67. The van der Waals surface area contributed by atoms with Gasteiger partial charge in [0.15, 0.2) is 5.16 Å². The first-order valence-corrected chi connectivity index (χ1v) is 11.4. The van der Waals surface area contributed by atoms with E-state index in [1.165, 1.54) is 0 Å². The monoisotopic (exact) mass is 432 g/mol. The number of aryl methyl sites for hydroxylation is 1. The second-order valence-corrected chi connectivity index (χ2v) is 8.93. The number of rotatable bonds is 4. The highest BCUT2D eigenvalue weighted by Gasteiger charge is 2.31. The van der Waals surface area contributed by atoms with Crippen LogP contribution in [0.5, 0.6) is 0 Å². The van der Waals surface area contributed by atoms with Crippen LogP contribution in [0.3, 0.4) is 0 Å². The van der Waals surface area contributed by atoms with E-state index in [9.17, 15) is 9.59 Å². The van der Waals surface area contributed by atoms with Crippen molar-refractivity contribution >= 4 is 35.0 Å². The number of piperazine rings is 1. The summed E-state index contributed by atoms with van der Waals surface area (Å²) in [6.07, 6.45) is 1.01. The maximum atomic E-state index is 12.9. The summed E-state index contributed by atoms with van der Waals surface area (Å²) < 4.78 is 1.75. The first kappa shape index (κ1) is 20.3. The molecule has 29 heavy (non-hydrogen) atoms. The van der Waals surface area contributed by atoms with Crippen molar-refractivity contribution in [2.75, 3.05) is 36.8 Å². The molecule has 0 radical (unpaired) electrons. The maximum absolute atomic E-state index is 12.9. The lowest BCUT2D eigenvalue weighted by molar-refractivity contribution is -0.132. The van der Waals surface area contributed by atoms with Crippen LogP contribution in [0.15, 0.2) is 34.2 Å². The molecule has 1 aromatic heterocycles. The number of hydrogen-bond acceptors (Lipinski definition) is 5. The lowest BCUT2D eigenvalue weighted by Gasteiger charge is -2.36. The molecule has 154 valence electrons. The number of fused-ring (bicyclic) bond motifs is 1. The lowest BCUT2D eigenvalue weighted by Crippen LogP contribution is -2.49. The van der Waals surface area contributed by atoms with Gasteiger partial charge in [0.05, 0.1) is 6.04 Å². The van der Waals surface area contributed by atoms with Gasteiger partial charge in [0.25, 0.3) is 5.56 Å². The summed E-state index contributed by atoms with van der Waals surface area (Å²) >= 11 is 7.67. The van der Waals surface area contributed by atoms with Crippen LogP contribution in [0.2, 0.25) is 5.02 Å². The van der Waals surface area contributed by atoms with E-state index in [2.05, 4.69) is 9.88 Å². The Morgan fingerprint density at radius 3 is 2.72 bits per heavy atom. The molecule has 6 nitrogen and oxygen atoms in total. The highest BCUT2D eigenvalue weighted by atomic mass is 35.5. The van der Waals surface area contributed by atoms with Gasteiger partial charge in [-0.25, -0.2) is 4.98 Å². The number of benzene rings is 1. The largest absolute Gasteiger partial charge is 0.368 e. The summed E-state index contributed by atoms with van der Waals surface area (Å²) in [5, 5.41) is 1.47. The highest BCUT2D eigenvalue weighted by Crippen LogP contribution is 2.33. The third-order valence-electron chi connectivity index (χ3n) is 5.72. The molecular weight excluding hydrogens is 408 g/mol. The minimum atomic E-state index is -0.112. The van der Waals surface area contributed by atoms with Crippen LogP contribution in [0, 0.1) is 6.92 Å². The quantitative estimate of drug-likeness (QED) is 0.694. The maximum Gasteiger partial charge on any atom is 0.257 e. The summed E-state index contributed by atoms with van der Waals surface area (Å²) in [6.45, 7) is 6.78. The van der Waals surface area contributed by atoms with Crippen molar-refractivity contribution in [3.05, 3.63) is 50.9 Å². The number of aromatic nitrogens is 2. The van der Waals surface area contributed by atoms with Crippen LogP contribution < -0.4 is 10.5 Å². The predicted molar refractivity (Wildman–Crippen MR) is 117 cm³/mol. The SMILES string of the molecule is CCc1c(C)nc2n(c1=O)C(CC(=O)N1CCN(c3cccc(Cl)c3)CC1)CS2. The summed E-state index contributed by atoms with van der Waals surface area (Å²) in [5.74, 6) is 0.836. The Kier molecular flexibility index (Phi) is 5.88. The summed E-state index contributed by atoms with van der Waals surface area (Å²) in [4.78, 5) is 34.6. The number of thioether (sulfide) groups is 1. The van der Waals surface area contributed by atoms with Crippen molar-refractivity contribution in [2.45, 2.75) is 37.9 Å². The minimum absolute atomic E-state index is 0.0172. The molecule has 0 bridgehead atoms. The fourth-order valence-electron chi connectivity index (χ4n) is 4.10. The molecule has 0 spiro atoms. The Labute approximate surface area is 179 Å². The van der Waals surface area contributed by atoms with E-state index in [1.54, 1.807) is 16.3 Å². The lowest BCUT2D eigenvalue weighted by atomic mass is 10.1. The Bertz CT molecular complexity index is 985. The fourth-order valence-corrected chi connectivity index (χ4v) is 5.46. The fraction of sp³-hybridized carbons (Fsp3) is 0.476. The molecule has 3 heterocycles. The number of amides is 1. The molecule has 2 aliphatic heterocycles. The smallest absolute Gasteiger partial charge is 0.257 e. The molecule has 1 fully saturated rings. The van der Waals surface area contributed by atoms with Gasteiger partial charge in [0, 0.05) is 60.3 Å². The average Bonchev–Trinajstić information content (AvgIpc) is 3.11. The van der Waals surface area contributed by atoms with Gasteiger partial charge in [0.2, 0.25) is 5.91 Å². The molecule has 1 saturated heterocycles. The Hall–Kier alpha value is -1.99. The van der Waals surface area contributed by atoms with Gasteiger partial charge in [-0.05, 0) is 31.5 Å². The molecule has 4 rings (SSSR count). The van der Waals surface area contributed by atoms with Gasteiger partial charge in [-0.15, -0.1) is 0 Å². The molecular formula is C21H25ClN4O2S. The van der Waals surface area contributed by atoms with E-state index in [4.69, 9.17) is 11.6 Å². The van der Waals surface area contributed by atoms with Gasteiger partial charge < -0.3 is 9.80 Å². The first-order chi connectivity index (χ1) is 14.0. The molecule has 0 N–H and O–H groups in total. The van der Waals surface area contributed by atoms with E-state index in [0.717, 1.165) is 46.0 Å². The van der Waals surface area contributed by atoms with Crippen molar-refractivity contribution in [3.8, 4) is 0 Å². The van der Waals surface area contributed by atoms with E-state index < -0.39 is 0 Å². The molecule has 0 saturated carbocycles. The van der Waals surface area contributed by atoms with Crippen LogP contribution in [0.4, 0.5) is 5.69 Å². The molecule has 2 aromatic rings. The topological polar surface area (TPSA) is 58.4 Å². The van der Waals surface area contributed by atoms with E-state index in [0.29, 0.717) is 25.9 Å². The molecule has 1 amide bonds. The van der Waals surface area contributed by atoms with Crippen LogP contribution in [0.25, 0.3) is 0 Å². The molecule has 2 aliphatic rings. The molecule has 1 aromatic carbocycles. The second kappa shape index (κ2) is 8.40. The van der Waals surface area contributed by atoms with Crippen molar-refractivity contribution in [1.29, 1.82) is 0 Å². The van der Waals surface area contributed by atoms with Gasteiger partial charge in [-0.3, -0.25) is 14.2 Å². The Morgan fingerprint density at radius 2 is 2.03 bits per heavy atom. The normalized spacial score (nSPS) is 18.8. The molecule has 0 aliphatic carbocycles. The van der Waals surface area contributed by atoms with Crippen molar-refractivity contribution < 1.29 is 4.79 Å². The van der Waals surface area contributed by atoms with E-state index >= 15 is 0 Å². The molecule has 1 atom stereocenters. The number of carbonyl (C=O) groups excluding carboxylic acids is 1. The van der Waals surface area contributed by atoms with E-state index in [-0.39, 0.29) is 17.5 Å². The van der Waals surface area contributed by atoms with Crippen LogP contribution in [0.1, 0.15) is 30.6 Å². The second-order valence-electron chi connectivity index (χ2n) is 7.50. The van der Waals surface area contributed by atoms with Gasteiger partial charge in [-0.2, -0.15) is 0 Å². The number of anilines is 1. The van der Waals surface area contributed by atoms with Crippen LogP contribution in [-0.4, -0.2) is 52.3 Å². The zero-order valence-corrected chi connectivity index (χ0v) is 18.3. The van der Waals surface area contributed by atoms with Gasteiger partial charge in [-0.1, -0.05) is 36.4 Å². The van der Waals surface area contributed by atoms with Crippen LogP contribution >= 0.6 is 23.4 Å². The van der Waals surface area contributed by atoms with Crippen LogP contribution in [-0.2, 0) is 11.2 Å². The van der Waals surface area contributed by atoms with Gasteiger partial charge in [0.1, 0.15) is 0 Å². The highest BCUT2D eigenvalue weighted by molar-refractivity contribution is 7.99. The van der Waals surface area contributed by atoms with Gasteiger partial charge >= 0.3 is 0 Å². The van der Waals surface area contributed by atoms with Crippen molar-refractivity contribution in [1.82, 2.24) is 14.5 Å². The van der Waals surface area contributed by atoms with Crippen molar-refractivity contribution in [3.63, 3.8) is 0 Å². The first-order valence-electron chi connectivity index (χ1n) is 10.0. The number of nitrogens with zero attached hydrogens (tertiary/aromatic N) is 4. The van der Waals surface area contributed by atoms with E-state index in [1.807, 2.05) is 43.0 Å².